The first-order valence-electron chi connectivity index (χ1n) is 9.19. The summed E-state index contributed by atoms with van der Waals surface area (Å²) in [6.45, 7) is 11.6. The van der Waals surface area contributed by atoms with E-state index in [0.717, 1.165) is 45.0 Å². The molecule has 1 fully saturated rings. The number of rotatable bonds is 7. The van der Waals surface area contributed by atoms with Crippen molar-refractivity contribution in [2.24, 2.45) is 10.1 Å². The van der Waals surface area contributed by atoms with Crippen LogP contribution in [0.4, 0.5) is 0 Å². The third kappa shape index (κ3) is 7.82. The van der Waals surface area contributed by atoms with E-state index in [0.29, 0.717) is 12.5 Å². The largest absolute Gasteiger partial charge is 0.379 e. The lowest BCUT2D eigenvalue weighted by atomic mass is 10.0. The van der Waals surface area contributed by atoms with Gasteiger partial charge < -0.3 is 15.4 Å². The van der Waals surface area contributed by atoms with Crippen molar-refractivity contribution in [3.63, 3.8) is 0 Å². The van der Waals surface area contributed by atoms with Crippen LogP contribution in [-0.4, -0.2) is 64.2 Å². The van der Waals surface area contributed by atoms with Gasteiger partial charge in [0, 0.05) is 31.7 Å². The van der Waals surface area contributed by atoms with Crippen molar-refractivity contribution in [2.75, 3.05) is 39.4 Å². The Morgan fingerprint density at radius 2 is 1.96 bits per heavy atom. The number of hydrogen-bond acceptors (Lipinski definition) is 5. The molecule has 1 saturated heterocycles. The lowest BCUT2D eigenvalue weighted by molar-refractivity contribution is -0.00834. The molecule has 1 aromatic carbocycles. The molecule has 8 nitrogen and oxygen atoms in total. The van der Waals surface area contributed by atoms with Gasteiger partial charge in [-0.15, -0.1) is 24.0 Å². The molecule has 0 saturated carbocycles. The van der Waals surface area contributed by atoms with Crippen molar-refractivity contribution in [2.45, 2.75) is 37.8 Å². The van der Waals surface area contributed by atoms with Gasteiger partial charge in [-0.25, -0.2) is 18.5 Å². The Morgan fingerprint density at radius 3 is 2.57 bits per heavy atom. The first-order chi connectivity index (χ1) is 12.7. The van der Waals surface area contributed by atoms with Crippen LogP contribution in [0.25, 0.3) is 0 Å². The zero-order valence-corrected chi connectivity index (χ0v) is 19.9. The Balaban J connectivity index is 0.00000392. The summed E-state index contributed by atoms with van der Waals surface area (Å²) < 4.78 is 28.4. The Kier molecular flexibility index (Phi) is 10.1. The lowest BCUT2D eigenvalue weighted by Crippen LogP contribution is -2.56. The minimum atomic E-state index is -3.71. The highest BCUT2D eigenvalue weighted by Gasteiger charge is 2.28. The van der Waals surface area contributed by atoms with Gasteiger partial charge in [0.05, 0.1) is 24.7 Å². The smallest absolute Gasteiger partial charge is 0.238 e. The first-order valence-corrected chi connectivity index (χ1v) is 10.7. The summed E-state index contributed by atoms with van der Waals surface area (Å²) >= 11 is 0. The second-order valence-corrected chi connectivity index (χ2v) is 8.71. The minimum Gasteiger partial charge on any atom is -0.379 e. The van der Waals surface area contributed by atoms with E-state index < -0.39 is 10.0 Å². The van der Waals surface area contributed by atoms with Gasteiger partial charge in [-0.05, 0) is 38.5 Å². The first kappa shape index (κ1) is 25.1. The maximum atomic E-state index is 11.5. The van der Waals surface area contributed by atoms with Gasteiger partial charge in [0.2, 0.25) is 10.0 Å². The average molecular weight is 525 g/mol. The number of aliphatic imine (C=N–C) groups is 1. The Hall–Kier alpha value is -0.950. The summed E-state index contributed by atoms with van der Waals surface area (Å²) in [4.78, 5) is 7.07. The summed E-state index contributed by atoms with van der Waals surface area (Å²) in [7, 11) is -3.71. The van der Waals surface area contributed by atoms with Crippen LogP contribution < -0.4 is 15.8 Å². The zero-order chi connectivity index (χ0) is 19.9. The van der Waals surface area contributed by atoms with Crippen LogP contribution in [0, 0.1) is 0 Å². The normalized spacial score (nSPS) is 16.4. The van der Waals surface area contributed by atoms with Crippen LogP contribution in [-0.2, 0) is 21.3 Å². The molecule has 28 heavy (non-hydrogen) atoms. The maximum Gasteiger partial charge on any atom is 0.238 e. The quantitative estimate of drug-likeness (QED) is 0.280. The van der Waals surface area contributed by atoms with Crippen molar-refractivity contribution in [3.8, 4) is 0 Å². The van der Waals surface area contributed by atoms with Crippen molar-refractivity contribution in [1.82, 2.24) is 15.5 Å². The van der Waals surface area contributed by atoms with Gasteiger partial charge in [-0.2, -0.15) is 0 Å². The maximum absolute atomic E-state index is 11.5. The summed E-state index contributed by atoms with van der Waals surface area (Å²) in [5, 5.41) is 11.8. The molecule has 0 spiro atoms. The number of primary sulfonamides is 1. The van der Waals surface area contributed by atoms with E-state index >= 15 is 0 Å². The van der Waals surface area contributed by atoms with Crippen LogP contribution in [0.1, 0.15) is 26.3 Å². The number of benzene rings is 1. The van der Waals surface area contributed by atoms with Crippen LogP contribution in [0.15, 0.2) is 34.2 Å². The number of halogens is 1. The number of sulfonamides is 1. The molecule has 0 atom stereocenters. The molecular formula is C18H32IN5O3S. The standard InChI is InChI=1S/C18H31N5O3S.HI/c1-4-20-17(22-14-18(2,3)23-8-10-26-11-9-23)21-13-15-6-5-7-16(12-15)27(19,24)25;/h5-7,12H,4,8-11,13-14H2,1-3H3,(H2,19,24,25)(H2,20,21,22);1H. The summed E-state index contributed by atoms with van der Waals surface area (Å²) in [6, 6.07) is 6.54. The van der Waals surface area contributed by atoms with Crippen LogP contribution in [0.2, 0.25) is 0 Å². The lowest BCUT2D eigenvalue weighted by Gasteiger charge is -2.41. The molecule has 0 aromatic heterocycles. The van der Waals surface area contributed by atoms with Gasteiger partial charge in [-0.1, -0.05) is 12.1 Å². The van der Waals surface area contributed by atoms with Crippen molar-refractivity contribution >= 4 is 40.0 Å². The number of ether oxygens (including phenoxy) is 1. The molecule has 0 amide bonds. The fraction of sp³-hybridized carbons (Fsp3) is 0.611. The number of nitrogens with zero attached hydrogens (tertiary/aromatic N) is 2. The van der Waals surface area contributed by atoms with Crippen molar-refractivity contribution in [1.29, 1.82) is 0 Å². The van der Waals surface area contributed by atoms with Gasteiger partial charge in [0.1, 0.15) is 0 Å². The van der Waals surface area contributed by atoms with Crippen LogP contribution >= 0.6 is 24.0 Å². The fourth-order valence-corrected chi connectivity index (χ4v) is 3.50. The van der Waals surface area contributed by atoms with Crippen molar-refractivity contribution in [3.05, 3.63) is 29.8 Å². The highest BCUT2D eigenvalue weighted by atomic mass is 127. The topological polar surface area (TPSA) is 109 Å². The third-order valence-electron chi connectivity index (χ3n) is 4.55. The van der Waals surface area contributed by atoms with E-state index in [-0.39, 0.29) is 34.4 Å². The van der Waals surface area contributed by atoms with E-state index in [1.165, 1.54) is 6.07 Å². The molecular weight excluding hydrogens is 493 g/mol. The molecule has 2 rings (SSSR count). The Morgan fingerprint density at radius 1 is 1.29 bits per heavy atom. The van der Waals surface area contributed by atoms with E-state index in [1.807, 2.05) is 13.0 Å². The highest BCUT2D eigenvalue weighted by molar-refractivity contribution is 14.0. The molecule has 0 unspecified atom stereocenters. The van der Waals surface area contributed by atoms with Crippen molar-refractivity contribution < 1.29 is 13.2 Å². The third-order valence-corrected chi connectivity index (χ3v) is 5.46. The molecule has 1 aliphatic rings. The monoisotopic (exact) mass is 525 g/mol. The number of nitrogens with two attached hydrogens (primary N) is 1. The molecule has 0 aliphatic carbocycles. The number of morpholine rings is 1. The summed E-state index contributed by atoms with van der Waals surface area (Å²) in [5.74, 6) is 0.694. The summed E-state index contributed by atoms with van der Waals surface area (Å²) in [5.41, 5.74) is 0.749. The number of hydrogen-bond donors (Lipinski definition) is 3. The second kappa shape index (κ2) is 11.3. The van der Waals surface area contributed by atoms with E-state index in [1.54, 1.807) is 12.1 Å². The van der Waals surface area contributed by atoms with Crippen LogP contribution in [0.5, 0.6) is 0 Å². The number of nitrogens with one attached hydrogen (secondary N) is 2. The Bertz CT molecular complexity index is 749. The second-order valence-electron chi connectivity index (χ2n) is 7.15. The van der Waals surface area contributed by atoms with Crippen LogP contribution in [0.3, 0.4) is 0 Å². The molecule has 10 heteroatoms. The molecule has 1 aliphatic heterocycles. The molecule has 4 N–H and O–H groups in total. The highest BCUT2D eigenvalue weighted by Crippen LogP contribution is 2.15. The average Bonchev–Trinajstić information content (AvgIpc) is 2.64. The van der Waals surface area contributed by atoms with E-state index in [9.17, 15) is 8.42 Å². The molecule has 1 aromatic rings. The molecule has 1 heterocycles. The van der Waals surface area contributed by atoms with E-state index in [2.05, 4.69) is 34.4 Å². The predicted molar refractivity (Wildman–Crippen MR) is 123 cm³/mol. The van der Waals surface area contributed by atoms with Gasteiger partial charge in [0.25, 0.3) is 0 Å². The molecule has 0 radical (unpaired) electrons. The number of guanidine groups is 1. The predicted octanol–water partition coefficient (Wildman–Crippen LogP) is 1.12. The zero-order valence-electron chi connectivity index (χ0n) is 16.8. The summed E-state index contributed by atoms with van der Waals surface area (Å²) in [6.07, 6.45) is 0. The minimum absolute atomic E-state index is 0. The Labute approximate surface area is 185 Å². The van der Waals surface area contributed by atoms with Gasteiger partial charge in [0.15, 0.2) is 5.96 Å². The van der Waals surface area contributed by atoms with E-state index in [4.69, 9.17) is 9.88 Å². The SMILES string of the molecule is CCNC(=NCc1cccc(S(N)(=O)=O)c1)NCC(C)(C)N1CCOCC1.I. The van der Waals surface area contributed by atoms with Gasteiger partial charge in [-0.3, -0.25) is 4.90 Å². The molecule has 0 bridgehead atoms. The van der Waals surface area contributed by atoms with Gasteiger partial charge >= 0.3 is 0 Å². The molecule has 160 valence electrons. The fourth-order valence-electron chi connectivity index (χ4n) is 2.91.